The molecule has 0 aliphatic carbocycles. The first-order chi connectivity index (χ1) is 8.78. The summed E-state index contributed by atoms with van der Waals surface area (Å²) in [5.41, 5.74) is 0.974. The summed E-state index contributed by atoms with van der Waals surface area (Å²) in [5, 5.41) is 5.68. The maximum Gasteiger partial charge on any atom is 0.209 e. The fourth-order valence-electron chi connectivity index (χ4n) is 1.59. The zero-order chi connectivity index (χ0) is 14.5. The second-order valence-electron chi connectivity index (χ2n) is 4.81. The van der Waals surface area contributed by atoms with Crippen molar-refractivity contribution in [3.63, 3.8) is 0 Å². The summed E-state index contributed by atoms with van der Waals surface area (Å²) in [4.78, 5) is 0. The molecule has 1 aromatic rings. The third-order valence-electron chi connectivity index (χ3n) is 2.90. The maximum atomic E-state index is 10.8. The zero-order valence-corrected chi connectivity index (χ0v) is 12.8. The third kappa shape index (κ3) is 6.80. The van der Waals surface area contributed by atoms with Crippen LogP contribution in [0, 0.1) is 12.8 Å². The second kappa shape index (κ2) is 7.12. The highest BCUT2D eigenvalue weighted by Crippen LogP contribution is 2.21. The number of nitrogens with two attached hydrogens (primary N) is 1. The summed E-state index contributed by atoms with van der Waals surface area (Å²) >= 11 is 5.92. The van der Waals surface area contributed by atoms with Gasteiger partial charge in [-0.15, -0.1) is 0 Å². The van der Waals surface area contributed by atoms with Crippen molar-refractivity contribution < 1.29 is 13.2 Å². The molecule has 0 amide bonds. The average molecular weight is 306 g/mol. The Labute approximate surface area is 120 Å². The van der Waals surface area contributed by atoms with Gasteiger partial charge in [-0.25, -0.2) is 13.6 Å². The summed E-state index contributed by atoms with van der Waals surface area (Å²) in [5.74, 6) is 1.06. The Morgan fingerprint density at radius 3 is 2.63 bits per heavy atom. The van der Waals surface area contributed by atoms with Gasteiger partial charge in [-0.2, -0.15) is 0 Å². The van der Waals surface area contributed by atoms with Gasteiger partial charge in [0, 0.05) is 5.02 Å². The molecule has 0 fully saturated rings. The van der Waals surface area contributed by atoms with Crippen molar-refractivity contribution in [1.82, 2.24) is 0 Å². The van der Waals surface area contributed by atoms with Crippen molar-refractivity contribution in [3.8, 4) is 5.75 Å². The molecule has 0 bridgehead atoms. The lowest BCUT2D eigenvalue weighted by Crippen LogP contribution is -2.18. The van der Waals surface area contributed by atoms with Gasteiger partial charge in [-0.05, 0) is 49.4 Å². The van der Waals surface area contributed by atoms with Crippen molar-refractivity contribution in [1.29, 1.82) is 0 Å². The summed E-state index contributed by atoms with van der Waals surface area (Å²) in [7, 11) is -3.36. The van der Waals surface area contributed by atoms with Gasteiger partial charge in [0.15, 0.2) is 0 Å². The number of rotatable bonds is 7. The molecule has 0 aliphatic heterocycles. The van der Waals surface area contributed by atoms with E-state index >= 15 is 0 Å². The number of hydrogen-bond acceptors (Lipinski definition) is 3. The Kier molecular flexibility index (Phi) is 6.10. The molecular formula is C13H20ClNO3S. The summed E-state index contributed by atoms with van der Waals surface area (Å²) in [6.45, 7) is 4.46. The highest BCUT2D eigenvalue weighted by atomic mass is 35.5. The molecule has 2 N–H and O–H groups in total. The molecule has 1 atom stereocenters. The highest BCUT2D eigenvalue weighted by molar-refractivity contribution is 7.89. The number of primary sulfonamides is 1. The molecule has 4 nitrogen and oxygen atoms in total. The van der Waals surface area contributed by atoms with Gasteiger partial charge in [0.2, 0.25) is 10.0 Å². The molecule has 108 valence electrons. The van der Waals surface area contributed by atoms with Crippen molar-refractivity contribution in [2.24, 2.45) is 11.1 Å². The molecule has 0 aliphatic rings. The van der Waals surface area contributed by atoms with Crippen LogP contribution in [0.4, 0.5) is 0 Å². The van der Waals surface area contributed by atoms with Gasteiger partial charge in [0.25, 0.3) is 0 Å². The molecule has 19 heavy (non-hydrogen) atoms. The van der Waals surface area contributed by atoms with Crippen LogP contribution < -0.4 is 9.88 Å². The van der Waals surface area contributed by atoms with E-state index in [0.717, 1.165) is 17.7 Å². The maximum absolute atomic E-state index is 10.8. The lowest BCUT2D eigenvalue weighted by molar-refractivity contribution is 0.281. The highest BCUT2D eigenvalue weighted by Gasteiger charge is 2.08. The molecule has 0 saturated carbocycles. The topological polar surface area (TPSA) is 69.4 Å². The number of sulfonamides is 1. The fraction of sp³-hybridized carbons (Fsp3) is 0.538. The van der Waals surface area contributed by atoms with Gasteiger partial charge >= 0.3 is 0 Å². The van der Waals surface area contributed by atoms with Gasteiger partial charge in [-0.3, -0.25) is 0 Å². The minimum atomic E-state index is -3.36. The quantitative estimate of drug-likeness (QED) is 0.842. The number of benzene rings is 1. The molecule has 1 rings (SSSR count). The van der Waals surface area contributed by atoms with Gasteiger partial charge in [-0.1, -0.05) is 18.5 Å². The van der Waals surface area contributed by atoms with E-state index in [1.807, 2.05) is 26.0 Å². The molecule has 1 aromatic carbocycles. The van der Waals surface area contributed by atoms with E-state index in [4.69, 9.17) is 21.5 Å². The molecule has 0 radical (unpaired) electrons. The Hall–Kier alpha value is -0.780. The Balaban J connectivity index is 2.31. The van der Waals surface area contributed by atoms with E-state index in [0.29, 0.717) is 18.1 Å². The van der Waals surface area contributed by atoms with Crippen LogP contribution in [-0.4, -0.2) is 20.8 Å². The first-order valence-electron chi connectivity index (χ1n) is 6.17. The molecule has 1 unspecified atom stereocenters. The van der Waals surface area contributed by atoms with Crippen LogP contribution >= 0.6 is 11.6 Å². The van der Waals surface area contributed by atoms with Crippen LogP contribution in [0.25, 0.3) is 0 Å². The van der Waals surface area contributed by atoms with Gasteiger partial charge < -0.3 is 4.74 Å². The monoisotopic (exact) mass is 305 g/mol. The van der Waals surface area contributed by atoms with Crippen molar-refractivity contribution in [2.75, 3.05) is 12.4 Å². The predicted molar refractivity (Wildman–Crippen MR) is 78.1 cm³/mol. The van der Waals surface area contributed by atoms with E-state index < -0.39 is 10.0 Å². The lowest BCUT2D eigenvalue weighted by Gasteiger charge is -2.12. The SMILES string of the molecule is Cc1cc(OCCC(C)CCS(N)(=O)=O)ccc1Cl. The minimum Gasteiger partial charge on any atom is -0.494 e. The van der Waals surface area contributed by atoms with Crippen LogP contribution in [0.1, 0.15) is 25.3 Å². The minimum absolute atomic E-state index is 0.0220. The van der Waals surface area contributed by atoms with Crippen molar-refractivity contribution in [2.45, 2.75) is 26.7 Å². The molecule has 0 spiro atoms. The Bertz CT molecular complexity index is 517. The van der Waals surface area contributed by atoms with Crippen LogP contribution in [0.3, 0.4) is 0 Å². The van der Waals surface area contributed by atoms with E-state index in [1.165, 1.54) is 0 Å². The third-order valence-corrected chi connectivity index (χ3v) is 4.13. The number of halogens is 1. The van der Waals surface area contributed by atoms with Crippen LogP contribution in [-0.2, 0) is 10.0 Å². The van der Waals surface area contributed by atoms with E-state index in [-0.39, 0.29) is 11.7 Å². The Morgan fingerprint density at radius 1 is 1.37 bits per heavy atom. The van der Waals surface area contributed by atoms with E-state index in [1.54, 1.807) is 6.07 Å². The lowest BCUT2D eigenvalue weighted by atomic mass is 10.1. The van der Waals surface area contributed by atoms with Crippen LogP contribution in [0.15, 0.2) is 18.2 Å². The number of ether oxygens (including phenoxy) is 1. The van der Waals surface area contributed by atoms with Crippen LogP contribution in [0.5, 0.6) is 5.75 Å². The van der Waals surface area contributed by atoms with E-state index in [9.17, 15) is 8.42 Å². The number of hydrogen-bond donors (Lipinski definition) is 1. The molecule has 0 saturated heterocycles. The molecule has 0 heterocycles. The largest absolute Gasteiger partial charge is 0.494 e. The zero-order valence-electron chi connectivity index (χ0n) is 11.2. The van der Waals surface area contributed by atoms with Crippen molar-refractivity contribution >= 4 is 21.6 Å². The van der Waals surface area contributed by atoms with Crippen molar-refractivity contribution in [3.05, 3.63) is 28.8 Å². The molecular weight excluding hydrogens is 286 g/mol. The van der Waals surface area contributed by atoms with Crippen LogP contribution in [0.2, 0.25) is 5.02 Å². The van der Waals surface area contributed by atoms with Gasteiger partial charge in [0.1, 0.15) is 5.75 Å². The summed E-state index contributed by atoms with van der Waals surface area (Å²) in [6, 6.07) is 5.51. The molecule has 6 heteroatoms. The molecule has 0 aromatic heterocycles. The standard InChI is InChI=1S/C13H20ClNO3S/c1-10(6-8-19(15,16)17)5-7-18-12-3-4-13(14)11(2)9-12/h3-4,9-10H,5-8H2,1-2H3,(H2,15,16,17). The Morgan fingerprint density at radius 2 is 2.05 bits per heavy atom. The van der Waals surface area contributed by atoms with Gasteiger partial charge in [0.05, 0.1) is 12.4 Å². The normalized spacial score (nSPS) is 13.3. The fourth-order valence-corrected chi connectivity index (χ4v) is 2.44. The summed E-state index contributed by atoms with van der Waals surface area (Å²) < 4.78 is 27.3. The second-order valence-corrected chi connectivity index (χ2v) is 6.95. The smallest absolute Gasteiger partial charge is 0.209 e. The first-order valence-corrected chi connectivity index (χ1v) is 8.26. The number of aryl methyl sites for hydroxylation is 1. The first kappa shape index (κ1) is 16.3. The predicted octanol–water partition coefficient (Wildman–Crippen LogP) is 2.73. The summed E-state index contributed by atoms with van der Waals surface area (Å²) in [6.07, 6.45) is 1.35. The van der Waals surface area contributed by atoms with E-state index in [2.05, 4.69) is 0 Å². The average Bonchev–Trinajstić information content (AvgIpc) is 2.30.